The molecule has 0 saturated heterocycles. The van der Waals surface area contributed by atoms with Gasteiger partial charge in [0.2, 0.25) is 0 Å². The van der Waals surface area contributed by atoms with Crippen molar-refractivity contribution in [1.29, 1.82) is 0 Å². The molecule has 4 nitrogen and oxygen atoms in total. The molecule has 0 aliphatic heterocycles. The highest BCUT2D eigenvalue weighted by atomic mass is 16.3. The van der Waals surface area contributed by atoms with Crippen LogP contribution in [0, 0.1) is 0 Å². The summed E-state index contributed by atoms with van der Waals surface area (Å²) >= 11 is 0. The molecule has 20 heavy (non-hydrogen) atoms. The summed E-state index contributed by atoms with van der Waals surface area (Å²) in [6.07, 6.45) is 9.03. The van der Waals surface area contributed by atoms with Gasteiger partial charge in [0.1, 0.15) is 0 Å². The Balaban J connectivity index is 3.84. The molecule has 3 N–H and O–H groups in total. The van der Waals surface area contributed by atoms with Crippen LogP contribution < -0.4 is 0 Å². The fourth-order valence-electron chi connectivity index (χ4n) is 2.38. The summed E-state index contributed by atoms with van der Waals surface area (Å²) in [6.45, 7) is 5.26. The monoisotopic (exact) mass is 289 g/mol. The van der Waals surface area contributed by atoms with Crippen molar-refractivity contribution in [3.05, 3.63) is 0 Å². The van der Waals surface area contributed by atoms with Crippen LogP contribution in [0.5, 0.6) is 0 Å². The summed E-state index contributed by atoms with van der Waals surface area (Å²) in [7, 11) is 0. The van der Waals surface area contributed by atoms with E-state index in [-0.39, 0.29) is 19.3 Å². The van der Waals surface area contributed by atoms with Gasteiger partial charge in [0.25, 0.3) is 0 Å². The molecule has 0 saturated carbocycles. The van der Waals surface area contributed by atoms with Gasteiger partial charge in [0.15, 0.2) is 0 Å². The molecule has 1 atom stereocenters. The molecule has 0 heterocycles. The Morgan fingerprint density at radius 2 is 1.40 bits per heavy atom. The van der Waals surface area contributed by atoms with Gasteiger partial charge in [-0.1, -0.05) is 32.6 Å². The van der Waals surface area contributed by atoms with Crippen LogP contribution in [0.3, 0.4) is 0 Å². The summed E-state index contributed by atoms with van der Waals surface area (Å²) in [6, 6.07) is 0. The summed E-state index contributed by atoms with van der Waals surface area (Å²) < 4.78 is 0. The lowest BCUT2D eigenvalue weighted by atomic mass is 10.1. The van der Waals surface area contributed by atoms with Crippen LogP contribution in [-0.4, -0.2) is 59.2 Å². The highest BCUT2D eigenvalue weighted by Crippen LogP contribution is 2.08. The van der Waals surface area contributed by atoms with Gasteiger partial charge in [0.05, 0.1) is 6.10 Å². The molecule has 0 fully saturated rings. The van der Waals surface area contributed by atoms with Gasteiger partial charge in [-0.15, -0.1) is 0 Å². The van der Waals surface area contributed by atoms with E-state index in [0.29, 0.717) is 0 Å². The maximum Gasteiger partial charge on any atom is 0.0667 e. The molecule has 0 aromatic rings. The fraction of sp³-hybridized carbons (Fsp3) is 1.00. The predicted octanol–water partition coefficient (Wildman–Crippen LogP) is 2.16. The van der Waals surface area contributed by atoms with Crippen LogP contribution in [-0.2, 0) is 0 Å². The number of nitrogens with zero attached hydrogens (tertiary/aromatic N) is 1. The molecule has 0 amide bonds. The summed E-state index contributed by atoms with van der Waals surface area (Å²) in [5.41, 5.74) is 0. The number of hydrogen-bond acceptors (Lipinski definition) is 4. The van der Waals surface area contributed by atoms with E-state index in [1.165, 1.54) is 19.3 Å². The van der Waals surface area contributed by atoms with Crippen molar-refractivity contribution >= 4 is 0 Å². The lowest BCUT2D eigenvalue weighted by Gasteiger charge is -2.25. The lowest BCUT2D eigenvalue weighted by molar-refractivity contribution is 0.0987. The first-order chi connectivity index (χ1) is 9.74. The molecule has 0 aliphatic carbocycles. The Morgan fingerprint density at radius 1 is 0.800 bits per heavy atom. The van der Waals surface area contributed by atoms with E-state index < -0.39 is 0 Å². The Labute approximate surface area is 124 Å². The molecule has 0 spiro atoms. The lowest BCUT2D eigenvalue weighted by Crippen LogP contribution is -2.34. The van der Waals surface area contributed by atoms with Gasteiger partial charge in [-0.25, -0.2) is 0 Å². The zero-order valence-electron chi connectivity index (χ0n) is 13.3. The zero-order chi connectivity index (χ0) is 15.1. The molecule has 0 aromatic carbocycles. The van der Waals surface area contributed by atoms with Crippen LogP contribution in [0.4, 0.5) is 0 Å². The van der Waals surface area contributed by atoms with Crippen LogP contribution >= 0.6 is 0 Å². The first-order valence-corrected chi connectivity index (χ1v) is 8.36. The third kappa shape index (κ3) is 12.9. The number of hydrogen-bond donors (Lipinski definition) is 3. The minimum atomic E-state index is -0.241. The topological polar surface area (TPSA) is 63.9 Å². The van der Waals surface area contributed by atoms with Crippen LogP contribution in [0.1, 0.15) is 64.7 Å². The highest BCUT2D eigenvalue weighted by Gasteiger charge is 2.11. The minimum Gasteiger partial charge on any atom is -0.396 e. The molecular formula is C16H35NO3. The molecule has 1 unspecified atom stereocenters. The van der Waals surface area contributed by atoms with E-state index in [2.05, 4.69) is 11.8 Å². The zero-order valence-corrected chi connectivity index (χ0v) is 13.3. The number of aliphatic hydroxyl groups excluding tert-OH is 3. The van der Waals surface area contributed by atoms with Crippen LogP contribution in [0.25, 0.3) is 0 Å². The Morgan fingerprint density at radius 3 is 1.90 bits per heavy atom. The smallest absolute Gasteiger partial charge is 0.0667 e. The molecule has 0 aromatic heterocycles. The number of aliphatic hydroxyl groups is 3. The Hall–Kier alpha value is -0.160. The number of rotatable bonds is 15. The van der Waals surface area contributed by atoms with Crippen molar-refractivity contribution in [2.45, 2.75) is 70.8 Å². The molecule has 0 rings (SSSR count). The van der Waals surface area contributed by atoms with E-state index in [9.17, 15) is 5.11 Å². The first-order valence-electron chi connectivity index (χ1n) is 8.36. The Bertz CT molecular complexity index is 181. The van der Waals surface area contributed by atoms with E-state index >= 15 is 0 Å². The predicted molar refractivity (Wildman–Crippen MR) is 83.8 cm³/mol. The summed E-state index contributed by atoms with van der Waals surface area (Å²) in [5.74, 6) is 0. The van der Waals surface area contributed by atoms with Gasteiger partial charge in [-0.05, 0) is 45.2 Å². The van der Waals surface area contributed by atoms with Crippen molar-refractivity contribution in [2.24, 2.45) is 0 Å². The van der Waals surface area contributed by atoms with E-state index in [1.807, 2.05) is 0 Å². The van der Waals surface area contributed by atoms with Crippen molar-refractivity contribution in [2.75, 3.05) is 32.8 Å². The standard InChI is InChI=1S/C16H35NO3/c1-2-3-4-5-10-16(20)15-17(11-6-8-13-18)12-7-9-14-19/h16,18-20H,2-15H2,1H3. The third-order valence-electron chi connectivity index (χ3n) is 3.62. The van der Waals surface area contributed by atoms with Gasteiger partial charge >= 0.3 is 0 Å². The van der Waals surface area contributed by atoms with Crippen LogP contribution in [0.2, 0.25) is 0 Å². The first kappa shape index (κ1) is 19.8. The van der Waals surface area contributed by atoms with Crippen molar-refractivity contribution in [3.8, 4) is 0 Å². The van der Waals surface area contributed by atoms with Crippen molar-refractivity contribution in [1.82, 2.24) is 4.90 Å². The summed E-state index contributed by atoms with van der Waals surface area (Å²) in [4.78, 5) is 2.27. The second-order valence-corrected chi connectivity index (χ2v) is 5.67. The third-order valence-corrected chi connectivity index (χ3v) is 3.62. The SMILES string of the molecule is CCCCCCC(O)CN(CCCCO)CCCCO. The average molecular weight is 289 g/mol. The molecule has 0 radical (unpaired) electrons. The molecular weight excluding hydrogens is 254 g/mol. The maximum absolute atomic E-state index is 10.1. The molecule has 0 bridgehead atoms. The number of unbranched alkanes of at least 4 members (excludes halogenated alkanes) is 5. The van der Waals surface area contributed by atoms with Gasteiger partial charge in [-0.3, -0.25) is 0 Å². The van der Waals surface area contributed by atoms with Gasteiger partial charge in [-0.2, -0.15) is 0 Å². The van der Waals surface area contributed by atoms with E-state index in [0.717, 1.165) is 58.2 Å². The van der Waals surface area contributed by atoms with E-state index in [1.54, 1.807) is 0 Å². The second-order valence-electron chi connectivity index (χ2n) is 5.67. The van der Waals surface area contributed by atoms with Crippen molar-refractivity contribution in [3.63, 3.8) is 0 Å². The molecule has 0 aliphatic rings. The fourth-order valence-corrected chi connectivity index (χ4v) is 2.38. The largest absolute Gasteiger partial charge is 0.396 e. The second kappa shape index (κ2) is 15.2. The normalized spacial score (nSPS) is 13.1. The molecule has 4 heteroatoms. The maximum atomic E-state index is 10.1. The highest BCUT2D eigenvalue weighted by molar-refractivity contribution is 4.65. The van der Waals surface area contributed by atoms with E-state index in [4.69, 9.17) is 10.2 Å². The summed E-state index contributed by atoms with van der Waals surface area (Å²) in [5, 5.41) is 27.8. The average Bonchev–Trinajstić information content (AvgIpc) is 2.44. The Kier molecular flexibility index (Phi) is 15.1. The van der Waals surface area contributed by atoms with Gasteiger partial charge < -0.3 is 20.2 Å². The quantitative estimate of drug-likeness (QED) is 0.404. The van der Waals surface area contributed by atoms with Crippen LogP contribution in [0.15, 0.2) is 0 Å². The van der Waals surface area contributed by atoms with Gasteiger partial charge in [0, 0.05) is 19.8 Å². The van der Waals surface area contributed by atoms with Crippen molar-refractivity contribution < 1.29 is 15.3 Å². The molecule has 122 valence electrons. The minimum absolute atomic E-state index is 0.240.